The van der Waals surface area contributed by atoms with Crippen LogP contribution in [-0.4, -0.2) is 38.6 Å². The standard InChI is InChI=1S/C22H20N4O2S2/c1-14-10-11-26(18-8-4-5-9-19(18)30-14)20(27)13-29-22-25-24-21(28-22)16-12-23-17-7-3-2-6-15(16)17/h2-9,12,14,23H,10-11,13H2,1H3. The van der Waals surface area contributed by atoms with Gasteiger partial charge in [-0.3, -0.25) is 4.79 Å². The molecule has 3 heterocycles. The number of anilines is 1. The van der Waals surface area contributed by atoms with Crippen LogP contribution in [0.2, 0.25) is 0 Å². The molecule has 1 aliphatic heterocycles. The topological polar surface area (TPSA) is 75.0 Å². The van der Waals surface area contributed by atoms with Crippen LogP contribution in [0.3, 0.4) is 0 Å². The van der Waals surface area contributed by atoms with Gasteiger partial charge in [0.2, 0.25) is 5.91 Å². The van der Waals surface area contributed by atoms with Crippen LogP contribution in [0, 0.1) is 0 Å². The number of para-hydroxylation sites is 2. The summed E-state index contributed by atoms with van der Waals surface area (Å²) in [5.41, 5.74) is 2.87. The fourth-order valence-corrected chi connectivity index (χ4v) is 5.32. The number of aromatic nitrogens is 3. The minimum absolute atomic E-state index is 0.0500. The number of nitrogens with one attached hydrogen (secondary N) is 1. The van der Waals surface area contributed by atoms with Gasteiger partial charge in [0, 0.05) is 33.8 Å². The Kier molecular flexibility index (Phi) is 5.26. The van der Waals surface area contributed by atoms with Gasteiger partial charge in [0.15, 0.2) is 0 Å². The second kappa shape index (κ2) is 8.20. The number of carbonyl (C=O) groups is 1. The lowest BCUT2D eigenvalue weighted by Gasteiger charge is -2.22. The van der Waals surface area contributed by atoms with Crippen molar-refractivity contribution in [1.82, 2.24) is 15.2 Å². The normalized spacial score (nSPS) is 16.4. The zero-order valence-corrected chi connectivity index (χ0v) is 18.0. The highest BCUT2D eigenvalue weighted by Gasteiger charge is 2.24. The number of amides is 1. The number of nitrogens with zero attached hydrogens (tertiary/aromatic N) is 3. The molecular weight excluding hydrogens is 416 g/mol. The lowest BCUT2D eigenvalue weighted by molar-refractivity contribution is -0.116. The second-order valence-corrected chi connectivity index (χ2v) is 9.55. The van der Waals surface area contributed by atoms with Gasteiger partial charge in [0.05, 0.1) is 17.0 Å². The van der Waals surface area contributed by atoms with Gasteiger partial charge in [0.25, 0.3) is 11.1 Å². The molecule has 6 nitrogen and oxygen atoms in total. The highest BCUT2D eigenvalue weighted by Crippen LogP contribution is 2.37. The van der Waals surface area contributed by atoms with Crippen molar-refractivity contribution in [1.29, 1.82) is 0 Å². The van der Waals surface area contributed by atoms with E-state index in [4.69, 9.17) is 4.42 Å². The number of hydrogen-bond acceptors (Lipinski definition) is 6. The van der Waals surface area contributed by atoms with Gasteiger partial charge in [-0.15, -0.1) is 22.0 Å². The Hall–Kier alpha value is -2.71. The molecule has 1 atom stereocenters. The Bertz CT molecular complexity index is 1200. The van der Waals surface area contributed by atoms with E-state index < -0.39 is 0 Å². The van der Waals surface area contributed by atoms with Crippen molar-refractivity contribution < 1.29 is 9.21 Å². The van der Waals surface area contributed by atoms with E-state index in [9.17, 15) is 4.79 Å². The molecule has 1 unspecified atom stereocenters. The molecule has 30 heavy (non-hydrogen) atoms. The number of benzene rings is 2. The predicted octanol–water partition coefficient (Wildman–Crippen LogP) is 5.23. The molecule has 2 aromatic carbocycles. The summed E-state index contributed by atoms with van der Waals surface area (Å²) in [6.07, 6.45) is 2.83. The van der Waals surface area contributed by atoms with Crippen molar-refractivity contribution in [3.63, 3.8) is 0 Å². The van der Waals surface area contributed by atoms with Crippen LogP contribution in [-0.2, 0) is 4.79 Å². The summed E-state index contributed by atoms with van der Waals surface area (Å²) in [4.78, 5) is 19.3. The van der Waals surface area contributed by atoms with Crippen LogP contribution in [0.25, 0.3) is 22.4 Å². The third-order valence-corrected chi connectivity index (χ3v) is 7.13. The van der Waals surface area contributed by atoms with Gasteiger partial charge in [-0.1, -0.05) is 49.0 Å². The molecule has 2 aromatic heterocycles. The maximum atomic E-state index is 13.0. The molecule has 1 amide bonds. The Labute approximate surface area is 182 Å². The van der Waals surface area contributed by atoms with Crippen LogP contribution >= 0.6 is 23.5 Å². The first-order valence-electron chi connectivity index (χ1n) is 9.78. The number of aromatic amines is 1. The number of H-pyrrole nitrogens is 1. The lowest BCUT2D eigenvalue weighted by Crippen LogP contribution is -2.33. The van der Waals surface area contributed by atoms with Gasteiger partial charge in [-0.2, -0.15) is 0 Å². The van der Waals surface area contributed by atoms with Crippen LogP contribution in [0.15, 0.2) is 69.3 Å². The molecule has 0 saturated heterocycles. The fraction of sp³-hybridized carbons (Fsp3) is 0.227. The summed E-state index contributed by atoms with van der Waals surface area (Å²) < 4.78 is 5.83. The smallest absolute Gasteiger partial charge is 0.277 e. The number of carbonyl (C=O) groups excluding carboxylic acids is 1. The summed E-state index contributed by atoms with van der Waals surface area (Å²) in [5, 5.41) is 10.2. The zero-order valence-electron chi connectivity index (χ0n) is 16.4. The van der Waals surface area contributed by atoms with Crippen molar-refractivity contribution in [2.24, 2.45) is 0 Å². The molecule has 0 fully saturated rings. The van der Waals surface area contributed by atoms with Crippen molar-refractivity contribution in [2.75, 3.05) is 17.2 Å². The fourth-order valence-electron chi connectivity index (χ4n) is 3.57. The maximum Gasteiger partial charge on any atom is 0.277 e. The number of rotatable bonds is 4. The molecule has 1 N–H and O–H groups in total. The van der Waals surface area contributed by atoms with Gasteiger partial charge < -0.3 is 14.3 Å². The Morgan fingerprint density at radius 3 is 3.00 bits per heavy atom. The summed E-state index contributed by atoms with van der Waals surface area (Å²) in [7, 11) is 0. The van der Waals surface area contributed by atoms with Crippen LogP contribution in [0.1, 0.15) is 13.3 Å². The molecule has 0 spiro atoms. The average molecular weight is 437 g/mol. The van der Waals surface area contributed by atoms with Crippen LogP contribution in [0.5, 0.6) is 0 Å². The van der Waals surface area contributed by atoms with E-state index in [-0.39, 0.29) is 11.7 Å². The zero-order chi connectivity index (χ0) is 20.5. The first kappa shape index (κ1) is 19.3. The van der Waals surface area contributed by atoms with Gasteiger partial charge in [-0.05, 0) is 24.6 Å². The monoisotopic (exact) mass is 436 g/mol. The van der Waals surface area contributed by atoms with E-state index in [1.165, 1.54) is 11.8 Å². The third-order valence-electron chi connectivity index (χ3n) is 5.09. The molecule has 5 rings (SSSR count). The minimum Gasteiger partial charge on any atom is -0.411 e. The van der Waals surface area contributed by atoms with E-state index in [1.54, 1.807) is 0 Å². The number of hydrogen-bond donors (Lipinski definition) is 1. The van der Waals surface area contributed by atoms with Crippen molar-refractivity contribution in [2.45, 2.75) is 28.7 Å². The maximum absolute atomic E-state index is 13.0. The molecule has 0 bridgehead atoms. The highest BCUT2D eigenvalue weighted by molar-refractivity contribution is 8.00. The molecular formula is C22H20N4O2S2. The summed E-state index contributed by atoms with van der Waals surface area (Å²) in [6, 6.07) is 16.1. The van der Waals surface area contributed by atoms with E-state index in [2.05, 4.69) is 28.2 Å². The van der Waals surface area contributed by atoms with E-state index in [0.717, 1.165) is 40.0 Å². The van der Waals surface area contributed by atoms with E-state index in [0.29, 0.717) is 16.4 Å². The molecule has 0 aliphatic carbocycles. The van der Waals surface area contributed by atoms with Crippen LogP contribution < -0.4 is 4.90 Å². The van der Waals surface area contributed by atoms with Gasteiger partial charge in [0.1, 0.15) is 0 Å². The molecule has 4 aromatic rings. The van der Waals surface area contributed by atoms with Crippen LogP contribution in [0.4, 0.5) is 5.69 Å². The lowest BCUT2D eigenvalue weighted by atomic mass is 10.2. The molecule has 1 aliphatic rings. The summed E-state index contributed by atoms with van der Waals surface area (Å²) in [5.74, 6) is 0.754. The second-order valence-electron chi connectivity index (χ2n) is 7.14. The third kappa shape index (κ3) is 3.73. The van der Waals surface area contributed by atoms with Crippen molar-refractivity contribution in [3.8, 4) is 11.5 Å². The summed E-state index contributed by atoms with van der Waals surface area (Å²) >= 11 is 3.11. The van der Waals surface area contributed by atoms with Crippen molar-refractivity contribution in [3.05, 3.63) is 54.7 Å². The largest absolute Gasteiger partial charge is 0.411 e. The Morgan fingerprint density at radius 1 is 1.23 bits per heavy atom. The quantitative estimate of drug-likeness (QED) is 0.442. The van der Waals surface area contributed by atoms with Gasteiger partial charge in [-0.25, -0.2) is 0 Å². The molecule has 0 saturated carbocycles. The minimum atomic E-state index is 0.0500. The first-order valence-corrected chi connectivity index (χ1v) is 11.6. The summed E-state index contributed by atoms with van der Waals surface area (Å²) in [6.45, 7) is 2.92. The van der Waals surface area contributed by atoms with Gasteiger partial charge >= 0.3 is 0 Å². The van der Waals surface area contributed by atoms with E-state index in [1.807, 2.05) is 65.3 Å². The molecule has 8 heteroatoms. The number of thioether (sulfide) groups is 2. The SMILES string of the molecule is CC1CCN(C(=O)CSc2nnc(-c3c[nH]c4ccccc34)o2)c2ccccc2S1. The predicted molar refractivity (Wildman–Crippen MR) is 121 cm³/mol. The van der Waals surface area contributed by atoms with Crippen molar-refractivity contribution >= 4 is 46.0 Å². The van der Waals surface area contributed by atoms with E-state index >= 15 is 0 Å². The Balaban J connectivity index is 1.31. The number of fused-ring (bicyclic) bond motifs is 2. The first-order chi connectivity index (χ1) is 14.7. The average Bonchev–Trinajstić information content (AvgIpc) is 3.36. The molecule has 0 radical (unpaired) electrons. The highest BCUT2D eigenvalue weighted by atomic mass is 32.2. The molecule has 152 valence electrons. The Morgan fingerprint density at radius 2 is 2.07 bits per heavy atom.